The average Bonchev–Trinajstić information content (AvgIpc) is 3.35. The van der Waals surface area contributed by atoms with Gasteiger partial charge in [0.15, 0.2) is 11.5 Å². The molecule has 0 saturated carbocycles. The van der Waals surface area contributed by atoms with Gasteiger partial charge in [0, 0.05) is 79.2 Å². The molecule has 7 rings (SSSR count). The molecule has 0 fully saturated rings. The Morgan fingerprint density at radius 1 is 0.667 bits per heavy atom. The molecule has 0 saturated heterocycles. The zero-order valence-electron chi connectivity index (χ0n) is 37.4. The normalized spacial score (nSPS) is 11.6. The molecule has 2 heterocycles. The van der Waals surface area contributed by atoms with Crippen molar-refractivity contribution in [2.75, 3.05) is 84.1 Å². The van der Waals surface area contributed by atoms with Crippen LogP contribution in [0.1, 0.15) is 27.0 Å². The number of carbonyl (C=O) groups excluding carboxylic acids is 1. The number of nitrogens with zero attached hydrogens (tertiary/aromatic N) is 2. The fourth-order valence-electron chi connectivity index (χ4n) is 7.15. The van der Waals surface area contributed by atoms with E-state index in [1.165, 1.54) is 7.11 Å². The Hall–Kier alpha value is -6.81. The molecule has 0 aliphatic heterocycles. The lowest BCUT2D eigenvalue weighted by Crippen LogP contribution is -2.33. The Morgan fingerprint density at radius 3 is 2.32 bits per heavy atom. The number of pyridine rings is 2. The van der Waals surface area contributed by atoms with Gasteiger partial charge in [0.05, 0.1) is 57.8 Å². The predicted molar refractivity (Wildman–Crippen MR) is 256 cm³/mol. The van der Waals surface area contributed by atoms with E-state index < -0.39 is 12.1 Å². The Kier molecular flexibility index (Phi) is 17.9. The largest absolute Gasteiger partial charge is 0.491 e. The first-order valence-electron chi connectivity index (χ1n) is 22.0. The lowest BCUT2D eigenvalue weighted by atomic mass is 10.1. The number of aliphatic hydroxyl groups excluding tert-OH is 1. The Labute approximate surface area is 385 Å². The molecular formula is C52H57N5O9. The number of rotatable bonds is 27. The molecule has 14 heteroatoms. The number of anilines is 3. The molecular weight excluding hydrogens is 839 g/mol. The number of aliphatic hydroxyl groups is 1. The molecule has 344 valence electrons. The van der Waals surface area contributed by atoms with E-state index in [0.717, 1.165) is 44.2 Å². The number of methoxy groups -OCH3 is 2. The van der Waals surface area contributed by atoms with Gasteiger partial charge in [0.25, 0.3) is 0 Å². The van der Waals surface area contributed by atoms with Crippen LogP contribution in [0.2, 0.25) is 0 Å². The van der Waals surface area contributed by atoms with Crippen molar-refractivity contribution in [1.82, 2.24) is 15.3 Å². The van der Waals surface area contributed by atoms with Crippen LogP contribution in [0.3, 0.4) is 0 Å². The summed E-state index contributed by atoms with van der Waals surface area (Å²) >= 11 is 0. The number of ether oxygens (including phenoxy) is 7. The van der Waals surface area contributed by atoms with Crippen LogP contribution >= 0.6 is 0 Å². The summed E-state index contributed by atoms with van der Waals surface area (Å²) in [6, 6.07) is 38.9. The molecule has 0 bridgehead atoms. The van der Waals surface area contributed by atoms with Gasteiger partial charge in [-0.15, -0.1) is 0 Å². The van der Waals surface area contributed by atoms with E-state index in [2.05, 4.69) is 33.1 Å². The smallest absolute Gasteiger partial charge is 0.337 e. The van der Waals surface area contributed by atoms with Crippen LogP contribution in [0.15, 0.2) is 134 Å². The van der Waals surface area contributed by atoms with E-state index in [1.807, 2.05) is 91.0 Å². The second kappa shape index (κ2) is 25.0. The molecule has 5 aromatic carbocycles. The van der Waals surface area contributed by atoms with Crippen LogP contribution < -0.4 is 30.2 Å². The highest BCUT2D eigenvalue weighted by Gasteiger charge is 2.14. The average molecular weight is 896 g/mol. The lowest BCUT2D eigenvalue weighted by molar-refractivity contribution is 0.0506. The Balaban J connectivity index is 0.776. The predicted octanol–water partition coefficient (Wildman–Crippen LogP) is 8.13. The van der Waals surface area contributed by atoms with Crippen molar-refractivity contribution in [2.24, 2.45) is 0 Å². The summed E-state index contributed by atoms with van der Waals surface area (Å²) in [6.07, 6.45) is 3.52. The van der Waals surface area contributed by atoms with E-state index in [0.29, 0.717) is 106 Å². The van der Waals surface area contributed by atoms with E-state index in [9.17, 15) is 9.90 Å². The van der Waals surface area contributed by atoms with Crippen molar-refractivity contribution in [1.29, 1.82) is 0 Å². The van der Waals surface area contributed by atoms with Crippen LogP contribution in [0.5, 0.6) is 17.2 Å². The first-order chi connectivity index (χ1) is 32.4. The van der Waals surface area contributed by atoms with Crippen LogP contribution in [-0.4, -0.2) is 101 Å². The number of nitrogens with one attached hydrogen (secondary N) is 3. The summed E-state index contributed by atoms with van der Waals surface area (Å²) in [4.78, 5) is 21.4. The fraction of sp³-hybridized carbons (Fsp3) is 0.288. The van der Waals surface area contributed by atoms with Crippen molar-refractivity contribution < 1.29 is 43.1 Å². The summed E-state index contributed by atoms with van der Waals surface area (Å²) < 4.78 is 40.0. The van der Waals surface area contributed by atoms with Crippen molar-refractivity contribution in [2.45, 2.75) is 25.7 Å². The molecule has 4 N–H and O–H groups in total. The fourth-order valence-corrected chi connectivity index (χ4v) is 7.15. The molecule has 0 aliphatic carbocycles. The zero-order chi connectivity index (χ0) is 45.8. The first kappa shape index (κ1) is 47.2. The molecule has 0 aliphatic rings. The van der Waals surface area contributed by atoms with Crippen molar-refractivity contribution in [3.8, 4) is 17.2 Å². The van der Waals surface area contributed by atoms with Crippen molar-refractivity contribution in [3.05, 3.63) is 156 Å². The summed E-state index contributed by atoms with van der Waals surface area (Å²) in [5, 5.41) is 23.4. The van der Waals surface area contributed by atoms with Gasteiger partial charge in [0.2, 0.25) is 0 Å². The van der Waals surface area contributed by atoms with Gasteiger partial charge in [-0.3, -0.25) is 4.98 Å². The van der Waals surface area contributed by atoms with Crippen LogP contribution in [-0.2, 0) is 38.6 Å². The molecule has 7 aromatic rings. The van der Waals surface area contributed by atoms with Crippen molar-refractivity contribution in [3.63, 3.8) is 0 Å². The van der Waals surface area contributed by atoms with Gasteiger partial charge in [-0.25, -0.2) is 9.78 Å². The van der Waals surface area contributed by atoms with E-state index in [4.69, 9.17) is 38.1 Å². The number of hydrogen-bond acceptors (Lipinski definition) is 14. The zero-order valence-corrected chi connectivity index (χ0v) is 37.4. The minimum Gasteiger partial charge on any atom is -0.491 e. The number of esters is 1. The summed E-state index contributed by atoms with van der Waals surface area (Å²) in [5.41, 5.74) is 6.17. The summed E-state index contributed by atoms with van der Waals surface area (Å²) in [5.74, 6) is 1.99. The lowest BCUT2D eigenvalue weighted by Gasteiger charge is -2.17. The van der Waals surface area contributed by atoms with E-state index >= 15 is 0 Å². The quantitative estimate of drug-likeness (QED) is 0.0222. The van der Waals surface area contributed by atoms with Crippen molar-refractivity contribution >= 4 is 44.8 Å². The van der Waals surface area contributed by atoms with Gasteiger partial charge in [-0.05, 0) is 65.2 Å². The third-order valence-electron chi connectivity index (χ3n) is 10.4. The highest BCUT2D eigenvalue weighted by Crippen LogP contribution is 2.34. The molecule has 2 aromatic heterocycles. The topological polar surface area (TPSA) is 164 Å². The van der Waals surface area contributed by atoms with Gasteiger partial charge in [-0.2, -0.15) is 0 Å². The maximum absolute atomic E-state index is 12.2. The monoisotopic (exact) mass is 895 g/mol. The highest BCUT2D eigenvalue weighted by molar-refractivity contribution is 6.11. The van der Waals surface area contributed by atoms with E-state index in [-0.39, 0.29) is 6.61 Å². The minimum absolute atomic E-state index is 0.101. The van der Waals surface area contributed by atoms with E-state index in [1.54, 1.807) is 37.7 Å². The maximum atomic E-state index is 12.2. The van der Waals surface area contributed by atoms with Crippen LogP contribution in [0.4, 0.5) is 17.2 Å². The Morgan fingerprint density at radius 2 is 1.47 bits per heavy atom. The standard InChI is InChI=1S/C52H57N5O9/c1-60-34-39-11-6-10-37(28-39)19-23-64-50-31-44(15-17-49(50)66-35-38-8-4-3-5-9-38)65-36-43(58)32-54-21-24-62-26-27-63-25-22-55-41-12-7-13-42(30-41)56-51-46-18-20-53-33-47(46)45-16-14-40(52(59)61-2)29-48(45)57-51/h3-18,20,28-31,33,43,54-55,58H,19,21-27,32,34-36H2,1-2H3,(H,56,57)/t43-/m1/s1. The maximum Gasteiger partial charge on any atom is 0.337 e. The molecule has 66 heavy (non-hydrogen) atoms. The SMILES string of the molecule is COCc1cccc(CCOc2cc(OC[C@H](O)CNCCOCCOCCNc3cccc(Nc4nc5cc(C(=O)OC)ccc5c5cnccc45)c3)ccc2OCc2ccccc2)c1. The number of aromatic nitrogens is 2. The molecule has 0 amide bonds. The molecule has 0 radical (unpaired) electrons. The molecule has 0 unspecified atom stereocenters. The Bertz CT molecular complexity index is 2610. The third kappa shape index (κ3) is 14.1. The summed E-state index contributed by atoms with van der Waals surface area (Å²) in [6.45, 7) is 4.90. The number of benzene rings is 5. The van der Waals surface area contributed by atoms with Gasteiger partial charge < -0.3 is 54.2 Å². The van der Waals surface area contributed by atoms with Gasteiger partial charge >= 0.3 is 5.97 Å². The molecule has 1 atom stereocenters. The second-order valence-electron chi connectivity index (χ2n) is 15.4. The number of hydrogen-bond donors (Lipinski definition) is 4. The first-order valence-corrected chi connectivity index (χ1v) is 22.0. The van der Waals surface area contributed by atoms with Crippen LogP contribution in [0, 0.1) is 0 Å². The summed E-state index contributed by atoms with van der Waals surface area (Å²) in [7, 11) is 3.05. The second-order valence-corrected chi connectivity index (χ2v) is 15.4. The number of carbonyl (C=O) groups is 1. The highest BCUT2D eigenvalue weighted by atomic mass is 16.5. The minimum atomic E-state index is -0.731. The van der Waals surface area contributed by atoms with Crippen LogP contribution in [0.25, 0.3) is 21.7 Å². The number of fused-ring (bicyclic) bond motifs is 3. The third-order valence-corrected chi connectivity index (χ3v) is 10.4. The molecule has 0 spiro atoms. The van der Waals surface area contributed by atoms with Gasteiger partial charge in [0.1, 0.15) is 30.9 Å². The van der Waals surface area contributed by atoms with Gasteiger partial charge in [-0.1, -0.05) is 66.7 Å². The molecule has 14 nitrogen and oxygen atoms in total.